The molecule has 0 aliphatic carbocycles. The smallest absolute Gasteiger partial charge is 0.270 e. The Morgan fingerprint density at radius 3 is 2.74 bits per heavy atom. The van der Waals surface area contributed by atoms with Gasteiger partial charge in [-0.15, -0.1) is 0 Å². The molecule has 2 N–H and O–H groups in total. The van der Waals surface area contributed by atoms with E-state index in [4.69, 9.17) is 21.4 Å². The Labute approximate surface area is 229 Å². The molecule has 0 bridgehead atoms. The molecule has 2 aromatic carbocycles. The van der Waals surface area contributed by atoms with Gasteiger partial charge in [-0.2, -0.15) is 0 Å². The number of benzene rings is 2. The summed E-state index contributed by atoms with van der Waals surface area (Å²) >= 11 is 5.78. The van der Waals surface area contributed by atoms with E-state index in [1.807, 2.05) is 35.2 Å². The lowest BCUT2D eigenvalue weighted by molar-refractivity contribution is -0.384. The van der Waals surface area contributed by atoms with Crippen LogP contribution in [0, 0.1) is 10.1 Å². The van der Waals surface area contributed by atoms with E-state index in [1.165, 1.54) is 19.2 Å². The number of non-ortho nitro benzene ring substituents is 1. The largest absolute Gasteiger partial charge is 0.494 e. The highest BCUT2D eigenvalue weighted by Gasteiger charge is 2.43. The minimum Gasteiger partial charge on any atom is -0.494 e. The van der Waals surface area contributed by atoms with Crippen molar-refractivity contribution in [2.24, 2.45) is 0 Å². The van der Waals surface area contributed by atoms with Crippen molar-refractivity contribution in [3.63, 3.8) is 0 Å². The average Bonchev–Trinajstić information content (AvgIpc) is 3.58. The molecule has 5 rings (SSSR count). The van der Waals surface area contributed by atoms with Crippen molar-refractivity contribution in [1.82, 2.24) is 10.3 Å². The lowest BCUT2D eigenvalue weighted by Gasteiger charge is -2.27. The molecule has 198 valence electrons. The van der Waals surface area contributed by atoms with Crippen molar-refractivity contribution in [2.45, 2.75) is 25.4 Å². The second-order valence-electron chi connectivity index (χ2n) is 8.79. The fraction of sp³-hybridized carbons (Fsp3) is 0.179. The van der Waals surface area contributed by atoms with E-state index in [2.05, 4.69) is 15.6 Å². The molecule has 3 heterocycles. The summed E-state index contributed by atoms with van der Waals surface area (Å²) in [5.74, 6) is 1.42. The van der Waals surface area contributed by atoms with Crippen LogP contribution >= 0.6 is 12.2 Å². The average molecular weight is 544 g/mol. The quantitative estimate of drug-likeness (QED) is 0.162. The van der Waals surface area contributed by atoms with Crippen molar-refractivity contribution in [3.8, 4) is 17.1 Å². The van der Waals surface area contributed by atoms with Gasteiger partial charge in [0.15, 0.2) is 5.11 Å². The van der Waals surface area contributed by atoms with Gasteiger partial charge < -0.3 is 24.7 Å². The number of ether oxygens (including phenoxy) is 1. The van der Waals surface area contributed by atoms with Gasteiger partial charge in [-0.05, 0) is 48.6 Å². The molecular formula is C28H25N5O5S. The first-order valence-electron chi connectivity index (χ1n) is 12.2. The van der Waals surface area contributed by atoms with Crippen molar-refractivity contribution in [1.29, 1.82) is 0 Å². The molecule has 1 saturated heterocycles. The zero-order chi connectivity index (χ0) is 27.5. The van der Waals surface area contributed by atoms with Gasteiger partial charge >= 0.3 is 0 Å². The fourth-order valence-electron chi connectivity index (χ4n) is 4.53. The third-order valence-corrected chi connectivity index (χ3v) is 6.73. The Hall–Kier alpha value is -4.77. The third kappa shape index (κ3) is 5.16. The first-order valence-corrected chi connectivity index (χ1v) is 12.6. The summed E-state index contributed by atoms with van der Waals surface area (Å²) in [5.41, 5.74) is 2.59. The Kier molecular flexibility index (Phi) is 7.24. The monoisotopic (exact) mass is 543 g/mol. The maximum absolute atomic E-state index is 12.0. The summed E-state index contributed by atoms with van der Waals surface area (Å²) in [6.07, 6.45) is 2.05. The molecule has 4 aromatic rings. The number of thiocarbonyl (C=S) groups is 1. The van der Waals surface area contributed by atoms with Crippen LogP contribution in [0.1, 0.15) is 36.9 Å². The number of nitro benzene ring substituents is 1. The first kappa shape index (κ1) is 25.9. The molecule has 1 fully saturated rings. The van der Waals surface area contributed by atoms with Gasteiger partial charge in [0.05, 0.1) is 29.5 Å². The summed E-state index contributed by atoms with van der Waals surface area (Å²) in [7, 11) is 1.54. The molecule has 2 atom stereocenters. The predicted octanol–water partition coefficient (Wildman–Crippen LogP) is 5.78. The molecule has 2 aromatic heterocycles. The highest BCUT2D eigenvalue weighted by Crippen LogP contribution is 2.44. The summed E-state index contributed by atoms with van der Waals surface area (Å²) in [5, 5.41) is 18.0. The van der Waals surface area contributed by atoms with Crippen molar-refractivity contribution in [2.75, 3.05) is 17.3 Å². The normalized spacial score (nSPS) is 16.6. The Morgan fingerprint density at radius 1 is 1.18 bits per heavy atom. The topological polar surface area (TPSA) is 123 Å². The number of methoxy groups -OCH3 is 1. The molecule has 1 aliphatic heterocycles. The van der Waals surface area contributed by atoms with E-state index in [0.717, 1.165) is 11.4 Å². The Morgan fingerprint density at radius 2 is 2.03 bits per heavy atom. The van der Waals surface area contributed by atoms with E-state index in [1.54, 1.807) is 43.5 Å². The molecular weight excluding hydrogens is 518 g/mol. The van der Waals surface area contributed by atoms with Gasteiger partial charge in [-0.1, -0.05) is 25.1 Å². The van der Waals surface area contributed by atoms with E-state index < -0.39 is 11.0 Å². The number of rotatable bonds is 8. The van der Waals surface area contributed by atoms with Crippen LogP contribution < -0.4 is 20.3 Å². The highest BCUT2D eigenvalue weighted by atomic mass is 32.1. The number of anilines is 2. The number of carbonyl (C=O) groups is 1. The van der Waals surface area contributed by atoms with Crippen LogP contribution in [0.4, 0.5) is 17.1 Å². The van der Waals surface area contributed by atoms with E-state index in [0.29, 0.717) is 40.1 Å². The summed E-state index contributed by atoms with van der Waals surface area (Å²) in [4.78, 5) is 29.3. The zero-order valence-electron chi connectivity index (χ0n) is 21.2. The summed E-state index contributed by atoms with van der Waals surface area (Å²) < 4.78 is 11.9. The number of hydrogen-bond donors (Lipinski definition) is 2. The maximum Gasteiger partial charge on any atom is 0.270 e. The van der Waals surface area contributed by atoms with Crippen molar-refractivity contribution < 1.29 is 18.9 Å². The van der Waals surface area contributed by atoms with Crippen LogP contribution in [0.15, 0.2) is 83.4 Å². The second-order valence-corrected chi connectivity index (χ2v) is 9.18. The van der Waals surface area contributed by atoms with Gasteiger partial charge in [-0.3, -0.25) is 19.9 Å². The van der Waals surface area contributed by atoms with Crippen LogP contribution in [0.2, 0.25) is 0 Å². The van der Waals surface area contributed by atoms with Crippen LogP contribution in [-0.4, -0.2) is 28.0 Å². The van der Waals surface area contributed by atoms with Crippen LogP contribution in [-0.2, 0) is 4.79 Å². The van der Waals surface area contributed by atoms with Gasteiger partial charge in [0.1, 0.15) is 23.3 Å². The van der Waals surface area contributed by atoms with Crippen molar-refractivity contribution in [3.05, 3.63) is 101 Å². The number of nitrogens with one attached hydrogen (secondary N) is 2. The molecule has 0 spiro atoms. The number of nitro groups is 1. The third-order valence-electron chi connectivity index (χ3n) is 6.42. The predicted molar refractivity (Wildman–Crippen MR) is 151 cm³/mol. The van der Waals surface area contributed by atoms with E-state index in [9.17, 15) is 14.9 Å². The van der Waals surface area contributed by atoms with Crippen LogP contribution in [0.3, 0.4) is 0 Å². The fourth-order valence-corrected chi connectivity index (χ4v) is 4.88. The summed E-state index contributed by atoms with van der Waals surface area (Å²) in [6, 6.07) is 20.2. The number of amides is 1. The standard InChI is InChI=1S/C28H25N5O5S/c1-3-25(34)30-20-11-10-18(16-24(20)37-2)32-27(26(31-28(32)39)21-9-4-5-14-29-21)23-13-12-22(38-23)17-7-6-8-19(15-17)33(35)36/h4-16,26-27H,3H2,1-2H3,(H,30,34)(H,31,39)/t26-,27-/m0/s1. The molecule has 39 heavy (non-hydrogen) atoms. The van der Waals surface area contributed by atoms with E-state index >= 15 is 0 Å². The summed E-state index contributed by atoms with van der Waals surface area (Å²) in [6.45, 7) is 1.78. The molecule has 1 amide bonds. The van der Waals surface area contributed by atoms with Crippen molar-refractivity contribution >= 4 is 40.3 Å². The van der Waals surface area contributed by atoms with Crippen LogP contribution in [0.5, 0.6) is 5.75 Å². The van der Waals surface area contributed by atoms with Gasteiger partial charge in [0.25, 0.3) is 5.69 Å². The Bertz CT molecular complexity index is 1540. The lowest BCUT2D eigenvalue weighted by atomic mass is 10.0. The number of hydrogen-bond acceptors (Lipinski definition) is 7. The number of pyridine rings is 1. The van der Waals surface area contributed by atoms with Crippen LogP contribution in [0.25, 0.3) is 11.3 Å². The zero-order valence-corrected chi connectivity index (χ0v) is 22.0. The molecule has 11 heteroatoms. The van der Waals surface area contributed by atoms with Gasteiger partial charge in [0.2, 0.25) is 5.91 Å². The maximum atomic E-state index is 12.0. The molecule has 0 radical (unpaired) electrons. The molecule has 0 unspecified atom stereocenters. The lowest BCUT2D eigenvalue weighted by Crippen LogP contribution is -2.29. The minimum absolute atomic E-state index is 0.0236. The Balaban J connectivity index is 1.57. The van der Waals surface area contributed by atoms with Gasteiger partial charge in [-0.25, -0.2) is 0 Å². The highest BCUT2D eigenvalue weighted by molar-refractivity contribution is 7.80. The minimum atomic E-state index is -0.444. The molecule has 0 saturated carbocycles. The second kappa shape index (κ2) is 10.9. The number of nitrogens with zero attached hydrogens (tertiary/aromatic N) is 3. The van der Waals surface area contributed by atoms with Gasteiger partial charge in [0, 0.05) is 42.1 Å². The van der Waals surface area contributed by atoms with E-state index in [-0.39, 0.29) is 17.6 Å². The number of furan rings is 1. The SMILES string of the molecule is CCC(=O)Nc1ccc(N2C(=S)N[C@@H](c3ccccn3)[C@@H]2c2ccc(-c3cccc([N+](=O)[O-])c3)o2)cc1OC. The number of aromatic nitrogens is 1. The first-order chi connectivity index (χ1) is 18.9. The molecule has 10 nitrogen and oxygen atoms in total. The molecule has 1 aliphatic rings. The number of carbonyl (C=O) groups excluding carboxylic acids is 1.